The third-order valence-corrected chi connectivity index (χ3v) is 4.81. The minimum Gasteiger partial charge on any atom is -0.497 e. The molecule has 1 aliphatic carbocycles. The lowest BCUT2D eigenvalue weighted by molar-refractivity contribution is 0.413. The van der Waals surface area contributed by atoms with Crippen LogP contribution in [0.2, 0.25) is 0 Å². The fourth-order valence-corrected chi connectivity index (χ4v) is 3.60. The van der Waals surface area contributed by atoms with Crippen LogP contribution in [0.3, 0.4) is 0 Å². The maximum absolute atomic E-state index is 14.6. The maximum atomic E-state index is 14.6. The first-order chi connectivity index (χ1) is 12.2. The Hall–Kier alpha value is -2.81. The summed E-state index contributed by atoms with van der Waals surface area (Å²) in [6.07, 6.45) is 8.29. The first-order valence-electron chi connectivity index (χ1n) is 8.48. The summed E-state index contributed by atoms with van der Waals surface area (Å²) in [4.78, 5) is 0. The van der Waals surface area contributed by atoms with Gasteiger partial charge in [0.15, 0.2) is 0 Å². The molecule has 0 spiro atoms. The minimum absolute atomic E-state index is 0.223. The van der Waals surface area contributed by atoms with Gasteiger partial charge in [0, 0.05) is 29.8 Å². The van der Waals surface area contributed by atoms with E-state index in [2.05, 4.69) is 47.2 Å². The van der Waals surface area contributed by atoms with Crippen molar-refractivity contribution in [1.29, 1.82) is 0 Å². The molecule has 0 unspecified atom stereocenters. The Morgan fingerprint density at radius 2 is 1.72 bits per heavy atom. The first-order valence-corrected chi connectivity index (χ1v) is 8.48. The summed E-state index contributed by atoms with van der Waals surface area (Å²) >= 11 is 0. The number of aromatic nitrogens is 1. The molecule has 0 aliphatic heterocycles. The van der Waals surface area contributed by atoms with E-state index in [1.54, 1.807) is 19.2 Å². The molecule has 0 amide bonds. The van der Waals surface area contributed by atoms with Gasteiger partial charge in [0.25, 0.3) is 0 Å². The molecule has 4 rings (SSSR count). The zero-order chi connectivity index (χ0) is 17.4. The number of fused-ring (bicyclic) bond motifs is 1. The summed E-state index contributed by atoms with van der Waals surface area (Å²) in [5.41, 5.74) is 4.93. The maximum Gasteiger partial charge on any atom is 0.131 e. The number of aryl methyl sites for hydroxylation is 1. The van der Waals surface area contributed by atoms with Crippen LogP contribution in [0.4, 0.5) is 4.39 Å². The van der Waals surface area contributed by atoms with E-state index < -0.39 is 0 Å². The predicted molar refractivity (Wildman–Crippen MR) is 101 cm³/mol. The number of para-hydroxylation sites is 1. The number of hydrogen-bond acceptors (Lipinski definition) is 1. The summed E-state index contributed by atoms with van der Waals surface area (Å²) in [5, 5.41) is 1.19. The average Bonchev–Trinajstić information content (AvgIpc) is 3.04. The van der Waals surface area contributed by atoms with Gasteiger partial charge in [-0.2, -0.15) is 0 Å². The highest BCUT2D eigenvalue weighted by atomic mass is 19.1. The number of halogens is 1. The number of allylic oxidation sites excluding steroid dienone is 4. The number of nitrogens with zero attached hydrogens (tertiary/aromatic N) is 1. The van der Waals surface area contributed by atoms with Gasteiger partial charge in [0.1, 0.15) is 11.6 Å². The normalized spacial score (nSPS) is 14.4. The zero-order valence-corrected chi connectivity index (χ0v) is 14.4. The van der Waals surface area contributed by atoms with Crippen molar-refractivity contribution in [3.8, 4) is 5.75 Å². The van der Waals surface area contributed by atoms with E-state index in [1.165, 1.54) is 17.0 Å². The van der Waals surface area contributed by atoms with E-state index in [4.69, 9.17) is 4.74 Å². The van der Waals surface area contributed by atoms with Crippen LogP contribution in [0, 0.1) is 5.82 Å². The van der Waals surface area contributed by atoms with E-state index in [0.717, 1.165) is 29.6 Å². The van der Waals surface area contributed by atoms with Crippen molar-refractivity contribution < 1.29 is 9.13 Å². The molecule has 0 fully saturated rings. The van der Waals surface area contributed by atoms with Crippen LogP contribution in [-0.2, 0) is 7.05 Å². The molecule has 126 valence electrons. The van der Waals surface area contributed by atoms with E-state index in [9.17, 15) is 4.39 Å². The van der Waals surface area contributed by atoms with Gasteiger partial charge in [0.2, 0.25) is 0 Å². The second kappa shape index (κ2) is 6.25. The molecule has 0 N–H and O–H groups in total. The third-order valence-electron chi connectivity index (χ3n) is 4.81. The smallest absolute Gasteiger partial charge is 0.131 e. The van der Waals surface area contributed by atoms with Gasteiger partial charge in [-0.1, -0.05) is 30.4 Å². The number of benzene rings is 2. The highest BCUT2D eigenvalue weighted by Crippen LogP contribution is 2.40. The Labute approximate surface area is 146 Å². The summed E-state index contributed by atoms with van der Waals surface area (Å²) in [6.45, 7) is 0. The molecule has 0 radical (unpaired) electrons. The zero-order valence-electron chi connectivity index (χ0n) is 14.4. The van der Waals surface area contributed by atoms with Crippen LogP contribution in [0.15, 0.2) is 60.8 Å². The summed E-state index contributed by atoms with van der Waals surface area (Å²) < 4.78 is 22.0. The number of hydrogen-bond donors (Lipinski definition) is 0. The van der Waals surface area contributed by atoms with Crippen molar-refractivity contribution in [2.75, 3.05) is 7.11 Å². The Morgan fingerprint density at radius 1 is 0.960 bits per heavy atom. The molecular formula is C22H20FNO. The van der Waals surface area contributed by atoms with Gasteiger partial charge >= 0.3 is 0 Å². The fourth-order valence-electron chi connectivity index (χ4n) is 3.60. The lowest BCUT2D eigenvalue weighted by Gasteiger charge is -2.19. The second-order valence-electron chi connectivity index (χ2n) is 6.33. The first kappa shape index (κ1) is 15.7. The van der Waals surface area contributed by atoms with Gasteiger partial charge in [0.05, 0.1) is 12.6 Å². The van der Waals surface area contributed by atoms with Crippen molar-refractivity contribution in [2.45, 2.75) is 12.8 Å². The van der Waals surface area contributed by atoms with Crippen LogP contribution < -0.4 is 4.74 Å². The van der Waals surface area contributed by atoms with E-state index >= 15 is 0 Å². The lowest BCUT2D eigenvalue weighted by Crippen LogP contribution is -2.00. The van der Waals surface area contributed by atoms with Crippen molar-refractivity contribution >= 4 is 22.0 Å². The molecule has 0 bridgehead atoms. The molecule has 0 atom stereocenters. The van der Waals surface area contributed by atoms with Gasteiger partial charge in [-0.15, -0.1) is 0 Å². The molecule has 25 heavy (non-hydrogen) atoms. The van der Waals surface area contributed by atoms with Crippen LogP contribution in [0.25, 0.3) is 22.0 Å². The van der Waals surface area contributed by atoms with Crippen LogP contribution >= 0.6 is 0 Å². The molecule has 2 aromatic carbocycles. The molecular weight excluding hydrogens is 313 g/mol. The van der Waals surface area contributed by atoms with Crippen LogP contribution in [0.1, 0.15) is 24.0 Å². The van der Waals surface area contributed by atoms with Gasteiger partial charge in [-0.05, 0) is 48.3 Å². The number of methoxy groups -OCH3 is 1. The van der Waals surface area contributed by atoms with Crippen molar-refractivity contribution in [3.05, 3.63) is 77.8 Å². The second-order valence-corrected chi connectivity index (χ2v) is 6.33. The highest BCUT2D eigenvalue weighted by molar-refractivity contribution is 6.10. The molecule has 0 saturated heterocycles. The third kappa shape index (κ3) is 2.66. The van der Waals surface area contributed by atoms with E-state index in [-0.39, 0.29) is 5.82 Å². The van der Waals surface area contributed by atoms with E-state index in [0.29, 0.717) is 11.3 Å². The van der Waals surface area contributed by atoms with Crippen molar-refractivity contribution in [2.24, 2.45) is 7.05 Å². The predicted octanol–water partition coefficient (Wildman–Crippen LogP) is 5.59. The SMILES string of the molecule is COc1ccc(F)c(C2=CCCC=C2c2cccc3ccn(C)c23)c1. The highest BCUT2D eigenvalue weighted by Gasteiger charge is 2.19. The Morgan fingerprint density at radius 3 is 2.48 bits per heavy atom. The summed E-state index contributed by atoms with van der Waals surface area (Å²) in [7, 11) is 3.65. The Balaban J connectivity index is 1.91. The monoisotopic (exact) mass is 333 g/mol. The van der Waals surface area contributed by atoms with Gasteiger partial charge < -0.3 is 9.30 Å². The summed E-state index contributed by atoms with van der Waals surface area (Å²) in [6, 6.07) is 13.3. The average molecular weight is 333 g/mol. The summed E-state index contributed by atoms with van der Waals surface area (Å²) in [5.74, 6) is 0.443. The standard InChI is InChI=1S/C22H20FNO/c1-24-13-12-15-6-5-9-19(22(15)24)17-7-3-4-8-18(17)20-14-16(25-2)10-11-21(20)23/h5-14H,3-4H2,1-2H3. The quantitative estimate of drug-likeness (QED) is 0.610. The molecule has 0 saturated carbocycles. The topological polar surface area (TPSA) is 14.2 Å². The largest absolute Gasteiger partial charge is 0.497 e. The van der Waals surface area contributed by atoms with E-state index in [1.807, 2.05) is 7.05 Å². The van der Waals surface area contributed by atoms with Crippen molar-refractivity contribution in [3.63, 3.8) is 0 Å². The number of rotatable bonds is 3. The fraction of sp³-hybridized carbons (Fsp3) is 0.182. The van der Waals surface area contributed by atoms with Crippen LogP contribution in [0.5, 0.6) is 5.75 Å². The molecule has 3 heteroatoms. The molecule has 1 aliphatic rings. The number of ether oxygens (including phenoxy) is 1. The molecule has 1 heterocycles. The van der Waals surface area contributed by atoms with Gasteiger partial charge in [-0.25, -0.2) is 4.39 Å². The van der Waals surface area contributed by atoms with Gasteiger partial charge in [-0.3, -0.25) is 0 Å². The Bertz CT molecular complexity index is 1010. The molecule has 3 aromatic rings. The minimum atomic E-state index is -0.223. The lowest BCUT2D eigenvalue weighted by atomic mass is 9.86. The van der Waals surface area contributed by atoms with Crippen molar-refractivity contribution in [1.82, 2.24) is 4.57 Å². The molecule has 2 nitrogen and oxygen atoms in total. The Kier molecular flexibility index (Phi) is 3.92. The molecule has 1 aromatic heterocycles. The van der Waals surface area contributed by atoms with Crippen LogP contribution in [-0.4, -0.2) is 11.7 Å².